The lowest BCUT2D eigenvalue weighted by atomic mass is 10.1. The number of fused-ring (bicyclic) bond motifs is 1. The summed E-state index contributed by atoms with van der Waals surface area (Å²) < 4.78 is 0. The summed E-state index contributed by atoms with van der Waals surface area (Å²) in [6, 6.07) is 12.8. The van der Waals surface area contributed by atoms with Crippen molar-refractivity contribution in [3.8, 4) is 6.07 Å². The molecule has 1 aliphatic rings. The number of nitrogens with one attached hydrogen (secondary N) is 1. The maximum atomic E-state index is 9.04. The topological polar surface area (TPSA) is 54.2 Å². The molecule has 3 rings (SSSR count). The lowest BCUT2D eigenvalue weighted by molar-refractivity contribution is -0.929. The number of rotatable bonds is 2. The summed E-state index contributed by atoms with van der Waals surface area (Å²) in [5, 5.41) is 9.04. The zero-order chi connectivity index (χ0) is 13.2. The number of hydrogen-bond acceptors (Lipinski definition) is 3. The number of nitrogen functional groups attached to an aromatic ring is 1. The Morgan fingerprint density at radius 1 is 1.32 bits per heavy atom. The molecule has 2 heterocycles. The summed E-state index contributed by atoms with van der Waals surface area (Å²) in [5.74, 6) is 0. The molecule has 4 heteroatoms. The second kappa shape index (κ2) is 5.04. The van der Waals surface area contributed by atoms with E-state index in [1.54, 1.807) is 16.2 Å². The number of nitrogens with two attached hydrogens (primary N) is 1. The molecule has 3 nitrogen and oxygen atoms in total. The van der Waals surface area contributed by atoms with Crippen molar-refractivity contribution in [3.63, 3.8) is 0 Å². The molecule has 1 aromatic heterocycles. The van der Waals surface area contributed by atoms with Gasteiger partial charge in [-0.05, 0) is 0 Å². The van der Waals surface area contributed by atoms with Crippen LogP contribution in [0.15, 0.2) is 30.3 Å². The van der Waals surface area contributed by atoms with Gasteiger partial charge in [0.15, 0.2) is 0 Å². The van der Waals surface area contributed by atoms with Gasteiger partial charge in [0.25, 0.3) is 0 Å². The molecule has 1 unspecified atom stereocenters. The van der Waals surface area contributed by atoms with Gasteiger partial charge in [0.1, 0.15) is 24.0 Å². The van der Waals surface area contributed by atoms with E-state index in [2.05, 4.69) is 30.3 Å². The van der Waals surface area contributed by atoms with Crippen LogP contribution in [0.3, 0.4) is 0 Å². The van der Waals surface area contributed by atoms with Crippen molar-refractivity contribution in [1.29, 1.82) is 5.26 Å². The van der Waals surface area contributed by atoms with Gasteiger partial charge in [-0.1, -0.05) is 30.3 Å². The van der Waals surface area contributed by atoms with E-state index in [1.807, 2.05) is 6.07 Å². The quantitative estimate of drug-likeness (QED) is 0.865. The van der Waals surface area contributed by atoms with E-state index in [4.69, 9.17) is 11.0 Å². The number of benzene rings is 1. The Kier molecular flexibility index (Phi) is 3.24. The fourth-order valence-corrected chi connectivity index (χ4v) is 3.82. The van der Waals surface area contributed by atoms with Crippen LogP contribution in [-0.4, -0.2) is 6.54 Å². The van der Waals surface area contributed by atoms with E-state index >= 15 is 0 Å². The number of hydrogen-bond donors (Lipinski definition) is 2. The molecule has 0 aliphatic carbocycles. The van der Waals surface area contributed by atoms with Crippen LogP contribution < -0.4 is 10.6 Å². The Bertz CT molecular complexity index is 625. The first-order valence-electron chi connectivity index (χ1n) is 6.45. The lowest BCUT2D eigenvalue weighted by Gasteiger charge is -2.24. The second-order valence-corrected chi connectivity index (χ2v) is 6.05. The number of nitrogens with zero attached hydrogens (tertiary/aromatic N) is 1. The smallest absolute Gasteiger partial charge is 0.128 e. The summed E-state index contributed by atoms with van der Waals surface area (Å²) in [6.45, 7) is 3.12. The van der Waals surface area contributed by atoms with Crippen molar-refractivity contribution in [2.45, 2.75) is 19.5 Å². The van der Waals surface area contributed by atoms with E-state index in [0.717, 1.165) is 31.7 Å². The highest BCUT2D eigenvalue weighted by Gasteiger charge is 2.25. The van der Waals surface area contributed by atoms with Crippen LogP contribution in [-0.2, 0) is 19.5 Å². The monoisotopic (exact) mass is 270 g/mol. The van der Waals surface area contributed by atoms with E-state index in [0.29, 0.717) is 4.88 Å². The SMILES string of the molecule is N#Cc1sc2c(c1N)CC[NH+](Cc1ccccc1)C2. The van der Waals surface area contributed by atoms with Crippen molar-refractivity contribution >= 4 is 17.0 Å². The van der Waals surface area contributed by atoms with Crippen LogP contribution in [0.1, 0.15) is 20.9 Å². The Morgan fingerprint density at radius 3 is 2.84 bits per heavy atom. The molecular weight excluding hydrogens is 254 g/mol. The molecule has 19 heavy (non-hydrogen) atoms. The third-order valence-corrected chi connectivity index (χ3v) is 4.82. The third-order valence-electron chi connectivity index (χ3n) is 3.67. The molecule has 96 valence electrons. The standard InChI is InChI=1S/C15H15N3S/c16-8-13-15(17)12-6-7-18(10-14(12)19-13)9-11-4-2-1-3-5-11/h1-5H,6-7,9-10,17H2/p+1. The van der Waals surface area contributed by atoms with E-state index < -0.39 is 0 Å². The average molecular weight is 270 g/mol. The molecule has 0 fully saturated rings. The first kappa shape index (κ1) is 12.2. The number of quaternary nitrogens is 1. The van der Waals surface area contributed by atoms with Crippen molar-refractivity contribution in [1.82, 2.24) is 0 Å². The number of nitriles is 1. The maximum absolute atomic E-state index is 9.04. The molecule has 0 spiro atoms. The van der Waals surface area contributed by atoms with Gasteiger partial charge in [-0.25, -0.2) is 0 Å². The van der Waals surface area contributed by atoms with Gasteiger partial charge in [-0.15, -0.1) is 11.3 Å². The zero-order valence-electron chi connectivity index (χ0n) is 10.6. The Labute approximate surface area is 116 Å². The third kappa shape index (κ3) is 2.35. The molecule has 1 aromatic carbocycles. The first-order chi connectivity index (χ1) is 9.28. The largest absolute Gasteiger partial charge is 0.397 e. The highest BCUT2D eigenvalue weighted by atomic mass is 32.1. The molecular formula is C15H16N3S+. The minimum atomic E-state index is 0.686. The average Bonchev–Trinajstić information content (AvgIpc) is 2.76. The van der Waals surface area contributed by atoms with Crippen molar-refractivity contribution in [2.75, 3.05) is 12.3 Å². The molecule has 0 amide bonds. The summed E-state index contributed by atoms with van der Waals surface area (Å²) in [7, 11) is 0. The summed E-state index contributed by atoms with van der Waals surface area (Å²) in [6.07, 6.45) is 0.988. The second-order valence-electron chi connectivity index (χ2n) is 4.95. The molecule has 3 N–H and O–H groups in total. The molecule has 1 aliphatic heterocycles. The van der Waals surface area contributed by atoms with Crippen LogP contribution in [0, 0.1) is 11.3 Å². The maximum Gasteiger partial charge on any atom is 0.128 e. The minimum Gasteiger partial charge on any atom is -0.397 e. The van der Waals surface area contributed by atoms with Gasteiger partial charge in [0, 0.05) is 17.5 Å². The van der Waals surface area contributed by atoms with Crippen LogP contribution in [0.4, 0.5) is 5.69 Å². The van der Waals surface area contributed by atoms with Gasteiger partial charge in [-0.3, -0.25) is 0 Å². The van der Waals surface area contributed by atoms with Gasteiger partial charge < -0.3 is 10.6 Å². The molecule has 0 saturated heterocycles. The highest BCUT2D eigenvalue weighted by Crippen LogP contribution is 2.31. The van der Waals surface area contributed by atoms with Crippen molar-refractivity contribution in [3.05, 3.63) is 51.2 Å². The first-order valence-corrected chi connectivity index (χ1v) is 7.27. The molecule has 0 radical (unpaired) electrons. The summed E-state index contributed by atoms with van der Waals surface area (Å²) in [4.78, 5) is 3.53. The molecule has 0 saturated carbocycles. The number of anilines is 1. The van der Waals surface area contributed by atoms with Crippen LogP contribution in [0.2, 0.25) is 0 Å². The number of thiophene rings is 1. The van der Waals surface area contributed by atoms with Gasteiger partial charge >= 0.3 is 0 Å². The predicted octanol–water partition coefficient (Wildman–Crippen LogP) is 1.34. The lowest BCUT2D eigenvalue weighted by Crippen LogP contribution is -3.10. The van der Waals surface area contributed by atoms with Gasteiger partial charge in [0.05, 0.1) is 17.1 Å². The Hall–Kier alpha value is -1.83. The fourth-order valence-electron chi connectivity index (χ4n) is 2.68. The zero-order valence-corrected chi connectivity index (χ0v) is 11.5. The summed E-state index contributed by atoms with van der Waals surface area (Å²) >= 11 is 1.57. The van der Waals surface area contributed by atoms with Crippen molar-refractivity contribution in [2.24, 2.45) is 0 Å². The molecule has 2 aromatic rings. The van der Waals surface area contributed by atoms with Crippen LogP contribution in [0.5, 0.6) is 0 Å². The predicted molar refractivity (Wildman–Crippen MR) is 76.8 cm³/mol. The van der Waals surface area contributed by atoms with Crippen LogP contribution in [0.25, 0.3) is 0 Å². The van der Waals surface area contributed by atoms with Crippen molar-refractivity contribution < 1.29 is 4.90 Å². The molecule has 0 bridgehead atoms. The summed E-state index contributed by atoms with van der Waals surface area (Å²) in [5.41, 5.74) is 9.32. The van der Waals surface area contributed by atoms with Gasteiger partial charge in [0.2, 0.25) is 0 Å². The Morgan fingerprint density at radius 2 is 2.11 bits per heavy atom. The van der Waals surface area contributed by atoms with E-state index in [9.17, 15) is 0 Å². The van der Waals surface area contributed by atoms with Crippen LogP contribution >= 0.6 is 11.3 Å². The van der Waals surface area contributed by atoms with E-state index in [1.165, 1.54) is 16.0 Å². The normalized spacial score (nSPS) is 17.7. The fraction of sp³-hybridized carbons (Fsp3) is 0.267. The van der Waals surface area contributed by atoms with Gasteiger partial charge in [-0.2, -0.15) is 5.26 Å². The van der Waals surface area contributed by atoms with E-state index in [-0.39, 0.29) is 0 Å². The Balaban J connectivity index is 1.78. The minimum absolute atomic E-state index is 0.686. The highest BCUT2D eigenvalue weighted by molar-refractivity contribution is 7.13. The molecule has 1 atom stereocenters.